The van der Waals surface area contributed by atoms with Crippen molar-refractivity contribution in [2.45, 2.75) is 57.1 Å². The Morgan fingerprint density at radius 2 is 1.76 bits per heavy atom. The number of nitrogens with one attached hydrogen (secondary N) is 2. The molecule has 0 aromatic rings. The number of rotatable bonds is 11. The van der Waals surface area contributed by atoms with Gasteiger partial charge in [0.25, 0.3) is 11.8 Å². The number of urea groups is 1. The molecule has 0 aromatic carbocycles. The highest BCUT2D eigenvalue weighted by atomic mass is 32.2. The first-order valence-corrected chi connectivity index (χ1v) is 10.5. The van der Waals surface area contributed by atoms with Crippen molar-refractivity contribution >= 4 is 35.5 Å². The number of nitrogens with two attached hydrogens (primary N) is 1. The molecule has 5 amide bonds. The maximum atomic E-state index is 13.2. The number of carbonyl (C=O) groups is 4. The Kier molecular flexibility index (Phi) is 11.8. The number of hydrogen-bond donors (Lipinski definition) is 4. The summed E-state index contributed by atoms with van der Waals surface area (Å²) in [5, 5.41) is 13.7. The van der Waals surface area contributed by atoms with Crippen LogP contribution in [-0.4, -0.2) is 89.1 Å². The van der Waals surface area contributed by atoms with E-state index in [4.69, 9.17) is 5.73 Å². The molecular formula is C18H35N5O5S. The molecule has 0 aliphatic carbocycles. The minimum Gasteiger partial charge on any atom is -0.390 e. The van der Waals surface area contributed by atoms with Crippen molar-refractivity contribution < 1.29 is 24.3 Å². The van der Waals surface area contributed by atoms with Gasteiger partial charge in [-0.25, -0.2) is 4.79 Å². The first-order valence-electron chi connectivity index (χ1n) is 9.48. The largest absolute Gasteiger partial charge is 0.390 e. The summed E-state index contributed by atoms with van der Waals surface area (Å²) in [6.07, 6.45) is 0.827. The van der Waals surface area contributed by atoms with Gasteiger partial charge in [0.05, 0.1) is 5.60 Å². The van der Waals surface area contributed by atoms with E-state index >= 15 is 0 Å². The molecule has 0 saturated carbocycles. The highest BCUT2D eigenvalue weighted by molar-refractivity contribution is 8.00. The van der Waals surface area contributed by atoms with Gasteiger partial charge in [-0.15, -0.1) is 11.8 Å². The van der Waals surface area contributed by atoms with Crippen LogP contribution in [0.2, 0.25) is 0 Å². The van der Waals surface area contributed by atoms with Crippen LogP contribution in [0.5, 0.6) is 0 Å². The van der Waals surface area contributed by atoms with Gasteiger partial charge in [-0.2, -0.15) is 0 Å². The van der Waals surface area contributed by atoms with Crippen LogP contribution in [0.15, 0.2) is 0 Å². The number of carbonyl (C=O) groups excluding carboxylic acids is 4. The van der Waals surface area contributed by atoms with Crippen LogP contribution in [0.3, 0.4) is 0 Å². The van der Waals surface area contributed by atoms with E-state index < -0.39 is 34.9 Å². The second kappa shape index (κ2) is 12.7. The summed E-state index contributed by atoms with van der Waals surface area (Å²) in [5.41, 5.74) is 4.28. The molecule has 0 bridgehead atoms. The summed E-state index contributed by atoms with van der Waals surface area (Å²) in [6.45, 7) is 5.19. The minimum absolute atomic E-state index is 0.0983. The van der Waals surface area contributed by atoms with Crippen LogP contribution in [0, 0.1) is 0 Å². The van der Waals surface area contributed by atoms with Gasteiger partial charge in [0.15, 0.2) is 5.37 Å². The average molecular weight is 434 g/mol. The SMILES string of the molecule is CCCC(=O)N(C)[C@H](SCCN)C(=O)N(C)[C@@H](CC(C)(C)O)C(=O)NC(=O)NC. The maximum Gasteiger partial charge on any atom is 0.321 e. The molecule has 0 aliphatic rings. The Balaban J connectivity index is 5.73. The third kappa shape index (κ3) is 9.46. The first kappa shape index (κ1) is 27.1. The van der Waals surface area contributed by atoms with Crippen molar-refractivity contribution in [1.82, 2.24) is 20.4 Å². The Bertz CT molecular complexity index is 581. The van der Waals surface area contributed by atoms with Gasteiger partial charge < -0.3 is 26.0 Å². The molecule has 168 valence electrons. The fourth-order valence-corrected chi connectivity index (χ4v) is 3.52. The fourth-order valence-electron chi connectivity index (χ4n) is 2.51. The van der Waals surface area contributed by atoms with E-state index in [2.05, 4.69) is 10.6 Å². The maximum absolute atomic E-state index is 13.2. The van der Waals surface area contributed by atoms with Crippen molar-refractivity contribution in [3.05, 3.63) is 0 Å². The quantitative estimate of drug-likeness (QED) is 0.328. The smallest absolute Gasteiger partial charge is 0.321 e. The Morgan fingerprint density at radius 3 is 2.21 bits per heavy atom. The number of amides is 5. The van der Waals surface area contributed by atoms with Crippen molar-refractivity contribution in [3.8, 4) is 0 Å². The summed E-state index contributed by atoms with van der Waals surface area (Å²) in [7, 11) is 4.31. The van der Waals surface area contributed by atoms with Crippen LogP contribution in [0.1, 0.15) is 40.0 Å². The summed E-state index contributed by atoms with van der Waals surface area (Å²) < 4.78 is 0. The molecule has 11 heteroatoms. The van der Waals surface area contributed by atoms with Crippen molar-refractivity contribution in [2.75, 3.05) is 33.4 Å². The van der Waals surface area contributed by atoms with E-state index in [9.17, 15) is 24.3 Å². The molecule has 0 rings (SSSR count). The van der Waals surface area contributed by atoms with Gasteiger partial charge in [-0.3, -0.25) is 19.7 Å². The molecular weight excluding hydrogens is 398 g/mol. The lowest BCUT2D eigenvalue weighted by molar-refractivity contribution is -0.145. The molecule has 0 saturated heterocycles. The van der Waals surface area contributed by atoms with Crippen LogP contribution >= 0.6 is 11.8 Å². The molecule has 5 N–H and O–H groups in total. The van der Waals surface area contributed by atoms with Crippen molar-refractivity contribution in [2.24, 2.45) is 5.73 Å². The topological polar surface area (TPSA) is 145 Å². The van der Waals surface area contributed by atoms with E-state index in [1.807, 2.05) is 6.92 Å². The summed E-state index contributed by atoms with van der Waals surface area (Å²) in [4.78, 5) is 52.2. The number of thioether (sulfide) groups is 1. The molecule has 10 nitrogen and oxygen atoms in total. The highest BCUT2D eigenvalue weighted by Gasteiger charge is 2.37. The van der Waals surface area contributed by atoms with Gasteiger partial charge in [-0.1, -0.05) is 6.92 Å². The zero-order chi connectivity index (χ0) is 22.8. The predicted molar refractivity (Wildman–Crippen MR) is 113 cm³/mol. The number of aliphatic hydroxyl groups is 1. The number of imide groups is 1. The van der Waals surface area contributed by atoms with E-state index in [0.717, 1.165) is 0 Å². The minimum atomic E-state index is -1.27. The molecule has 29 heavy (non-hydrogen) atoms. The second-order valence-electron chi connectivity index (χ2n) is 7.32. The normalized spacial score (nSPS) is 13.2. The molecule has 0 fully saturated rings. The van der Waals surface area contributed by atoms with Gasteiger partial charge in [0, 0.05) is 46.3 Å². The Morgan fingerprint density at radius 1 is 1.17 bits per heavy atom. The summed E-state index contributed by atoms with van der Waals surface area (Å²) in [5.74, 6) is -0.976. The Labute approximate surface area is 176 Å². The van der Waals surface area contributed by atoms with Crippen LogP contribution < -0.4 is 16.4 Å². The molecule has 0 aromatic heterocycles. The lowest BCUT2D eigenvalue weighted by atomic mass is 9.97. The summed E-state index contributed by atoms with van der Waals surface area (Å²) >= 11 is 1.20. The van der Waals surface area contributed by atoms with Crippen LogP contribution in [0.25, 0.3) is 0 Å². The fraction of sp³-hybridized carbons (Fsp3) is 0.778. The Hall–Kier alpha value is -1.85. The molecule has 0 aliphatic heterocycles. The molecule has 2 atom stereocenters. The first-order chi connectivity index (χ1) is 13.4. The highest BCUT2D eigenvalue weighted by Crippen LogP contribution is 2.22. The van der Waals surface area contributed by atoms with E-state index in [1.165, 1.54) is 56.6 Å². The number of nitrogens with zero attached hydrogens (tertiary/aromatic N) is 2. The third-order valence-electron chi connectivity index (χ3n) is 4.09. The lowest BCUT2D eigenvalue weighted by Gasteiger charge is -2.35. The van der Waals surface area contributed by atoms with Crippen LogP contribution in [0.4, 0.5) is 4.79 Å². The molecule has 0 heterocycles. The monoisotopic (exact) mass is 433 g/mol. The number of hydrogen-bond acceptors (Lipinski definition) is 7. The van der Waals surface area contributed by atoms with E-state index in [-0.39, 0.29) is 18.7 Å². The molecule has 0 unspecified atom stereocenters. The van der Waals surface area contributed by atoms with Gasteiger partial charge in [0.1, 0.15) is 6.04 Å². The van der Waals surface area contributed by atoms with Crippen molar-refractivity contribution in [3.63, 3.8) is 0 Å². The predicted octanol–water partition coefficient (Wildman–Crippen LogP) is -0.293. The standard InChI is InChI=1S/C18H35N5O5S/c1-7-8-13(24)23(6)16(29-10-9-19)15(26)22(5)12(11-18(2,3)28)14(25)21-17(27)20-4/h12,16,28H,7-11,19H2,1-6H3,(H2,20,21,25,27)/t12-,16+/m0/s1. The van der Waals surface area contributed by atoms with E-state index in [1.54, 1.807) is 0 Å². The van der Waals surface area contributed by atoms with Gasteiger partial charge in [-0.05, 0) is 20.3 Å². The lowest BCUT2D eigenvalue weighted by Crippen LogP contribution is -2.56. The van der Waals surface area contributed by atoms with Crippen molar-refractivity contribution in [1.29, 1.82) is 0 Å². The third-order valence-corrected chi connectivity index (χ3v) is 5.39. The molecule has 0 radical (unpaired) electrons. The van der Waals surface area contributed by atoms with Gasteiger partial charge >= 0.3 is 6.03 Å². The van der Waals surface area contributed by atoms with Gasteiger partial charge in [0.2, 0.25) is 5.91 Å². The zero-order valence-corrected chi connectivity index (χ0v) is 19.0. The van der Waals surface area contributed by atoms with Crippen LogP contribution in [-0.2, 0) is 14.4 Å². The summed E-state index contributed by atoms with van der Waals surface area (Å²) in [6, 6.07) is -1.84. The average Bonchev–Trinajstić information content (AvgIpc) is 2.64. The second-order valence-corrected chi connectivity index (χ2v) is 8.50. The van der Waals surface area contributed by atoms with E-state index in [0.29, 0.717) is 18.7 Å². The zero-order valence-electron chi connectivity index (χ0n) is 18.2. The molecule has 0 spiro atoms. The number of likely N-dealkylation sites (N-methyl/N-ethyl adjacent to an activating group) is 2.